The molecule has 2 saturated heterocycles. The number of aromatic nitrogens is 5. The van der Waals surface area contributed by atoms with E-state index in [0.717, 1.165) is 63.4 Å². The summed E-state index contributed by atoms with van der Waals surface area (Å²) in [6, 6.07) is 0.448. The molecule has 0 bridgehead atoms. The van der Waals surface area contributed by atoms with Gasteiger partial charge in [-0.3, -0.25) is 0 Å². The average molecular weight is 302 g/mol. The monoisotopic (exact) mass is 302 g/mol. The maximum Gasteiger partial charge on any atom is 0.162 e. The summed E-state index contributed by atoms with van der Waals surface area (Å²) in [5.41, 5.74) is 0.849. The maximum absolute atomic E-state index is 5.72. The Bertz CT molecular complexity index is 609. The van der Waals surface area contributed by atoms with Crippen molar-refractivity contribution in [3.63, 3.8) is 0 Å². The summed E-state index contributed by atoms with van der Waals surface area (Å²) in [6.45, 7) is 3.82. The first-order valence-corrected chi connectivity index (χ1v) is 8.16. The Labute approximate surface area is 129 Å². The first-order chi connectivity index (χ1) is 10.9. The third kappa shape index (κ3) is 2.78. The zero-order valence-corrected chi connectivity index (χ0v) is 12.7. The number of hydrogen-bond donors (Lipinski definition) is 1. The van der Waals surface area contributed by atoms with Crippen molar-refractivity contribution in [2.75, 3.05) is 19.7 Å². The molecule has 4 rings (SSSR count). The van der Waals surface area contributed by atoms with Crippen LogP contribution >= 0.6 is 0 Å². The van der Waals surface area contributed by atoms with E-state index in [-0.39, 0.29) is 0 Å². The van der Waals surface area contributed by atoms with E-state index in [1.54, 1.807) is 0 Å². The van der Waals surface area contributed by atoms with Crippen molar-refractivity contribution in [1.82, 2.24) is 29.9 Å². The van der Waals surface area contributed by atoms with E-state index in [1.165, 1.54) is 0 Å². The predicted molar refractivity (Wildman–Crippen MR) is 81.4 cm³/mol. The molecule has 0 aliphatic carbocycles. The molecule has 2 aliphatic heterocycles. The van der Waals surface area contributed by atoms with Crippen LogP contribution in [-0.4, -0.2) is 50.3 Å². The molecule has 0 aromatic carbocycles. The smallest absolute Gasteiger partial charge is 0.162 e. The lowest BCUT2D eigenvalue weighted by molar-refractivity contribution is 0.0973. The topological polar surface area (TPSA) is 69.8 Å². The molecule has 1 N–H and O–H groups in total. The van der Waals surface area contributed by atoms with Gasteiger partial charge in [0.05, 0.1) is 24.9 Å². The van der Waals surface area contributed by atoms with Crippen LogP contribution in [0.3, 0.4) is 0 Å². The van der Waals surface area contributed by atoms with Gasteiger partial charge < -0.3 is 14.6 Å². The van der Waals surface area contributed by atoms with Crippen molar-refractivity contribution in [3.05, 3.63) is 18.6 Å². The molecule has 1 atom stereocenters. The summed E-state index contributed by atoms with van der Waals surface area (Å²) in [5.74, 6) is 0.885. The first-order valence-electron chi connectivity index (χ1n) is 8.16. The Balaban J connectivity index is 1.52. The third-order valence-electron chi connectivity index (χ3n) is 4.56. The quantitative estimate of drug-likeness (QED) is 0.920. The second-order valence-electron chi connectivity index (χ2n) is 6.10. The van der Waals surface area contributed by atoms with Crippen LogP contribution in [0.2, 0.25) is 0 Å². The van der Waals surface area contributed by atoms with E-state index in [2.05, 4.69) is 25.2 Å². The van der Waals surface area contributed by atoms with Gasteiger partial charge in [0.2, 0.25) is 0 Å². The van der Waals surface area contributed by atoms with Crippen LogP contribution in [0.15, 0.2) is 18.6 Å². The average Bonchev–Trinajstić information content (AvgIpc) is 3.30. The highest BCUT2D eigenvalue weighted by atomic mass is 16.5. The van der Waals surface area contributed by atoms with Crippen LogP contribution < -0.4 is 5.32 Å². The van der Waals surface area contributed by atoms with Gasteiger partial charge in [-0.25, -0.2) is 9.67 Å². The minimum atomic E-state index is 0.299. The lowest BCUT2D eigenvalue weighted by Crippen LogP contribution is -2.29. The lowest BCUT2D eigenvalue weighted by atomic mass is 10.1. The Morgan fingerprint density at radius 3 is 3.00 bits per heavy atom. The number of rotatable bonds is 4. The molecular formula is C15H22N6O. The minimum Gasteiger partial charge on any atom is -0.376 e. The molecule has 7 heteroatoms. The number of imidazole rings is 1. The van der Waals surface area contributed by atoms with E-state index in [0.29, 0.717) is 12.1 Å². The van der Waals surface area contributed by atoms with Crippen LogP contribution in [0.25, 0.3) is 11.5 Å². The molecule has 2 aromatic heterocycles. The Morgan fingerprint density at radius 1 is 1.27 bits per heavy atom. The number of hydrogen-bond acceptors (Lipinski definition) is 5. The van der Waals surface area contributed by atoms with Gasteiger partial charge in [-0.15, -0.1) is 5.10 Å². The highest BCUT2D eigenvalue weighted by molar-refractivity contribution is 5.47. The fraction of sp³-hybridized carbons (Fsp3) is 0.667. The van der Waals surface area contributed by atoms with Gasteiger partial charge in [0.25, 0.3) is 0 Å². The molecule has 0 radical (unpaired) electrons. The second-order valence-corrected chi connectivity index (χ2v) is 6.10. The Hall–Kier alpha value is -1.73. The molecule has 0 amide bonds. The Kier molecular flexibility index (Phi) is 3.90. The number of piperidine rings is 1. The molecular weight excluding hydrogens is 280 g/mol. The summed E-state index contributed by atoms with van der Waals surface area (Å²) in [6.07, 6.45) is 10.6. The van der Waals surface area contributed by atoms with Gasteiger partial charge in [0.15, 0.2) is 5.82 Å². The summed E-state index contributed by atoms with van der Waals surface area (Å²) in [5, 5.41) is 12.0. The number of nitrogens with zero attached hydrogens (tertiary/aromatic N) is 5. The normalized spacial score (nSPS) is 23.2. The molecule has 2 fully saturated rings. The number of nitrogens with one attached hydrogen (secondary N) is 1. The fourth-order valence-corrected chi connectivity index (χ4v) is 3.33. The number of ether oxygens (including phenoxy) is 1. The van der Waals surface area contributed by atoms with Crippen LogP contribution in [-0.2, 0) is 11.3 Å². The first kappa shape index (κ1) is 13.9. The SMILES string of the molecule is c1cn(CC2CCCO2)c(-c2cn(C3CCNCC3)nn2)n1. The van der Waals surface area contributed by atoms with E-state index in [4.69, 9.17) is 4.74 Å². The molecule has 2 aromatic rings. The van der Waals surface area contributed by atoms with Crippen molar-refractivity contribution in [2.45, 2.75) is 44.4 Å². The van der Waals surface area contributed by atoms with Gasteiger partial charge in [-0.1, -0.05) is 5.21 Å². The minimum absolute atomic E-state index is 0.299. The molecule has 0 saturated carbocycles. The summed E-state index contributed by atoms with van der Waals surface area (Å²) < 4.78 is 9.85. The van der Waals surface area contributed by atoms with Crippen LogP contribution in [0.4, 0.5) is 0 Å². The molecule has 7 nitrogen and oxygen atoms in total. The van der Waals surface area contributed by atoms with Crippen LogP contribution in [0.5, 0.6) is 0 Å². The van der Waals surface area contributed by atoms with Gasteiger partial charge >= 0.3 is 0 Å². The van der Waals surface area contributed by atoms with E-state index >= 15 is 0 Å². The maximum atomic E-state index is 5.72. The van der Waals surface area contributed by atoms with Crippen molar-refractivity contribution >= 4 is 0 Å². The summed E-state index contributed by atoms with van der Waals surface area (Å²) in [4.78, 5) is 4.47. The van der Waals surface area contributed by atoms with Crippen molar-refractivity contribution in [1.29, 1.82) is 0 Å². The van der Waals surface area contributed by atoms with Gasteiger partial charge in [-0.05, 0) is 38.8 Å². The molecule has 22 heavy (non-hydrogen) atoms. The van der Waals surface area contributed by atoms with Gasteiger partial charge in [-0.2, -0.15) is 0 Å². The molecule has 2 aliphatic rings. The van der Waals surface area contributed by atoms with Crippen molar-refractivity contribution in [3.8, 4) is 11.5 Å². The molecule has 4 heterocycles. The highest BCUT2D eigenvalue weighted by Crippen LogP contribution is 2.22. The van der Waals surface area contributed by atoms with Crippen molar-refractivity contribution in [2.24, 2.45) is 0 Å². The largest absolute Gasteiger partial charge is 0.376 e. The molecule has 118 valence electrons. The highest BCUT2D eigenvalue weighted by Gasteiger charge is 2.21. The fourth-order valence-electron chi connectivity index (χ4n) is 3.33. The van der Waals surface area contributed by atoms with E-state index in [1.807, 2.05) is 23.3 Å². The van der Waals surface area contributed by atoms with Crippen molar-refractivity contribution < 1.29 is 4.74 Å². The molecule has 1 unspecified atom stereocenters. The summed E-state index contributed by atoms with van der Waals surface area (Å²) >= 11 is 0. The second kappa shape index (κ2) is 6.18. The van der Waals surface area contributed by atoms with Crippen LogP contribution in [0, 0.1) is 0 Å². The van der Waals surface area contributed by atoms with E-state index < -0.39 is 0 Å². The van der Waals surface area contributed by atoms with Crippen LogP contribution in [0.1, 0.15) is 31.7 Å². The molecule has 0 spiro atoms. The zero-order chi connectivity index (χ0) is 14.8. The lowest BCUT2D eigenvalue weighted by Gasteiger charge is -2.22. The summed E-state index contributed by atoms with van der Waals surface area (Å²) in [7, 11) is 0. The third-order valence-corrected chi connectivity index (χ3v) is 4.56. The Morgan fingerprint density at radius 2 is 2.18 bits per heavy atom. The zero-order valence-electron chi connectivity index (χ0n) is 12.7. The standard InChI is InChI=1S/C15H22N6O/c1-2-13(22-9-1)10-20-8-7-17-15(20)14-11-21(19-18-14)12-3-5-16-6-4-12/h7-8,11-13,16H,1-6,9-10H2. The van der Waals surface area contributed by atoms with Gasteiger partial charge in [0.1, 0.15) is 5.69 Å². The predicted octanol–water partition coefficient (Wildman–Crippen LogP) is 1.25. The van der Waals surface area contributed by atoms with E-state index in [9.17, 15) is 0 Å². The van der Waals surface area contributed by atoms with Gasteiger partial charge in [0, 0.05) is 19.0 Å².